The Morgan fingerprint density at radius 1 is 1.10 bits per heavy atom. The average Bonchev–Trinajstić information content (AvgIpc) is 3.25. The summed E-state index contributed by atoms with van der Waals surface area (Å²) in [5.74, 6) is 0.837. The van der Waals surface area contributed by atoms with Gasteiger partial charge in [-0.2, -0.15) is 5.26 Å². The van der Waals surface area contributed by atoms with Crippen molar-refractivity contribution in [3.05, 3.63) is 83.3 Å². The highest BCUT2D eigenvalue weighted by Gasteiger charge is 2.09. The van der Waals surface area contributed by atoms with Crippen LogP contribution in [0.25, 0.3) is 27.6 Å². The zero-order valence-corrected chi connectivity index (χ0v) is 16.7. The number of rotatable bonds is 6. The van der Waals surface area contributed by atoms with Gasteiger partial charge < -0.3 is 10.1 Å². The molecule has 0 aliphatic rings. The number of nitrogens with zero attached hydrogens (tertiary/aromatic N) is 2. The molecule has 3 aromatic carbocycles. The van der Waals surface area contributed by atoms with Gasteiger partial charge in [-0.15, -0.1) is 11.3 Å². The van der Waals surface area contributed by atoms with Gasteiger partial charge in [0.15, 0.2) is 0 Å². The van der Waals surface area contributed by atoms with Gasteiger partial charge in [-0.1, -0.05) is 30.3 Å². The highest BCUT2D eigenvalue weighted by atomic mass is 32.1. The van der Waals surface area contributed by atoms with Crippen LogP contribution in [0.2, 0.25) is 0 Å². The topological polar surface area (TPSA) is 57.9 Å². The van der Waals surface area contributed by atoms with E-state index in [0.29, 0.717) is 17.2 Å². The third-order valence-corrected chi connectivity index (χ3v) is 5.32. The normalized spacial score (nSPS) is 11.2. The van der Waals surface area contributed by atoms with Crippen LogP contribution in [0, 0.1) is 11.3 Å². The van der Waals surface area contributed by atoms with Crippen LogP contribution >= 0.6 is 11.3 Å². The zero-order valence-electron chi connectivity index (χ0n) is 15.9. The maximum Gasteiger partial charge on any atom is 0.136 e. The molecule has 1 N–H and O–H groups in total. The lowest BCUT2D eigenvalue weighted by Gasteiger charge is -2.04. The van der Waals surface area contributed by atoms with E-state index in [4.69, 9.17) is 4.74 Å². The van der Waals surface area contributed by atoms with Gasteiger partial charge in [0, 0.05) is 22.8 Å². The number of nitrogens with one attached hydrogen (secondary N) is 1. The molecule has 5 heteroatoms. The molecule has 0 bridgehead atoms. The van der Waals surface area contributed by atoms with Gasteiger partial charge in [-0.25, -0.2) is 4.98 Å². The first-order chi connectivity index (χ1) is 14.3. The number of aromatic nitrogens is 1. The van der Waals surface area contributed by atoms with Crippen LogP contribution in [0.5, 0.6) is 5.75 Å². The van der Waals surface area contributed by atoms with E-state index in [-0.39, 0.29) is 0 Å². The Balaban J connectivity index is 1.53. The second-order valence-corrected chi connectivity index (χ2v) is 7.23. The van der Waals surface area contributed by atoms with Crippen molar-refractivity contribution < 1.29 is 4.74 Å². The van der Waals surface area contributed by atoms with Gasteiger partial charge in [0.25, 0.3) is 0 Å². The van der Waals surface area contributed by atoms with E-state index < -0.39 is 0 Å². The highest BCUT2D eigenvalue weighted by Crippen LogP contribution is 2.28. The van der Waals surface area contributed by atoms with Crippen molar-refractivity contribution in [2.45, 2.75) is 6.92 Å². The third-order valence-electron chi connectivity index (χ3n) is 4.45. The lowest BCUT2D eigenvalue weighted by molar-refractivity contribution is 0.340. The van der Waals surface area contributed by atoms with E-state index >= 15 is 0 Å². The van der Waals surface area contributed by atoms with Crippen LogP contribution in [0.3, 0.4) is 0 Å². The van der Waals surface area contributed by atoms with Crippen LogP contribution in [0.4, 0.5) is 5.69 Å². The molecule has 4 aromatic rings. The van der Waals surface area contributed by atoms with Gasteiger partial charge in [0.1, 0.15) is 22.4 Å². The summed E-state index contributed by atoms with van der Waals surface area (Å²) in [5.41, 5.74) is 3.27. The van der Waals surface area contributed by atoms with E-state index in [2.05, 4.69) is 40.6 Å². The lowest BCUT2D eigenvalue weighted by atomic mass is 10.1. The minimum absolute atomic E-state index is 0.500. The number of nitriles is 1. The molecule has 0 amide bonds. The molecular formula is C24H19N3OS. The number of hydrogen-bond donors (Lipinski definition) is 1. The van der Waals surface area contributed by atoms with Crippen LogP contribution in [-0.4, -0.2) is 11.6 Å². The molecular weight excluding hydrogens is 378 g/mol. The molecule has 0 atom stereocenters. The summed E-state index contributed by atoms with van der Waals surface area (Å²) in [5, 5.41) is 17.8. The summed E-state index contributed by atoms with van der Waals surface area (Å²) in [6.45, 7) is 2.60. The number of benzene rings is 3. The SMILES string of the molecule is CCOc1ccc(-c2csc(/C(C#N)=C/Nc3ccc4ccccc4c3)n2)cc1. The molecule has 0 aliphatic heterocycles. The Bertz CT molecular complexity index is 1200. The summed E-state index contributed by atoms with van der Waals surface area (Å²) in [4.78, 5) is 4.64. The van der Waals surface area contributed by atoms with E-state index in [9.17, 15) is 5.26 Å². The third kappa shape index (κ3) is 4.29. The Hall–Kier alpha value is -3.62. The molecule has 0 spiro atoms. The van der Waals surface area contributed by atoms with Crippen molar-refractivity contribution in [2.24, 2.45) is 0 Å². The standard InChI is InChI=1S/C24H19N3OS/c1-2-28-22-11-8-18(9-12-22)23-16-29-24(27-23)20(14-25)15-26-21-10-7-17-5-3-4-6-19(17)13-21/h3-13,15-16,26H,2H2,1H3/b20-15+. The second-order valence-electron chi connectivity index (χ2n) is 6.37. The Morgan fingerprint density at radius 3 is 2.66 bits per heavy atom. The predicted octanol–water partition coefficient (Wildman–Crippen LogP) is 6.34. The summed E-state index contributed by atoms with van der Waals surface area (Å²) in [6.07, 6.45) is 1.71. The molecule has 0 saturated heterocycles. The number of ether oxygens (including phenoxy) is 1. The number of allylic oxidation sites excluding steroid dienone is 1. The van der Waals surface area contributed by atoms with Gasteiger partial charge in [0.2, 0.25) is 0 Å². The van der Waals surface area contributed by atoms with E-state index in [1.165, 1.54) is 16.7 Å². The number of thiazole rings is 1. The maximum absolute atomic E-state index is 9.60. The minimum Gasteiger partial charge on any atom is -0.494 e. The number of hydrogen-bond acceptors (Lipinski definition) is 5. The van der Waals surface area contributed by atoms with Crippen molar-refractivity contribution >= 4 is 33.4 Å². The fourth-order valence-corrected chi connectivity index (χ4v) is 3.79. The van der Waals surface area contributed by atoms with Crippen LogP contribution in [0.15, 0.2) is 78.3 Å². The van der Waals surface area contributed by atoms with Gasteiger partial charge in [0.05, 0.1) is 12.3 Å². The lowest BCUT2D eigenvalue weighted by Crippen LogP contribution is -1.91. The fraction of sp³-hybridized carbons (Fsp3) is 0.0833. The second kappa shape index (κ2) is 8.59. The van der Waals surface area contributed by atoms with Gasteiger partial charge >= 0.3 is 0 Å². The summed E-state index contributed by atoms with van der Waals surface area (Å²) < 4.78 is 5.48. The van der Waals surface area contributed by atoms with Crippen molar-refractivity contribution in [3.8, 4) is 23.1 Å². The molecule has 4 nitrogen and oxygen atoms in total. The smallest absolute Gasteiger partial charge is 0.136 e. The molecule has 0 aliphatic carbocycles. The molecule has 1 heterocycles. The molecule has 142 valence electrons. The predicted molar refractivity (Wildman–Crippen MR) is 120 cm³/mol. The van der Waals surface area contributed by atoms with E-state index in [0.717, 1.165) is 28.1 Å². The minimum atomic E-state index is 0.500. The Labute approximate surface area is 173 Å². The first-order valence-corrected chi connectivity index (χ1v) is 10.2. The highest BCUT2D eigenvalue weighted by molar-refractivity contribution is 7.11. The summed E-state index contributed by atoms with van der Waals surface area (Å²) in [6, 6.07) is 24.4. The fourth-order valence-electron chi connectivity index (χ4n) is 3.00. The van der Waals surface area contributed by atoms with Crippen LogP contribution in [0.1, 0.15) is 11.9 Å². The monoisotopic (exact) mass is 397 g/mol. The van der Waals surface area contributed by atoms with Crippen molar-refractivity contribution in [3.63, 3.8) is 0 Å². The number of fused-ring (bicyclic) bond motifs is 1. The molecule has 4 rings (SSSR count). The average molecular weight is 398 g/mol. The van der Waals surface area contributed by atoms with Gasteiger partial charge in [-0.05, 0) is 54.1 Å². The number of anilines is 1. The van der Waals surface area contributed by atoms with Crippen molar-refractivity contribution in [1.82, 2.24) is 4.98 Å². The zero-order chi connectivity index (χ0) is 20.1. The molecule has 0 saturated carbocycles. The summed E-state index contributed by atoms with van der Waals surface area (Å²) in [7, 11) is 0. The Kier molecular flexibility index (Phi) is 5.55. The van der Waals surface area contributed by atoms with Gasteiger partial charge in [-0.3, -0.25) is 0 Å². The van der Waals surface area contributed by atoms with E-state index in [1.54, 1.807) is 6.20 Å². The largest absolute Gasteiger partial charge is 0.494 e. The first-order valence-electron chi connectivity index (χ1n) is 9.31. The molecule has 0 fully saturated rings. The first kappa shape index (κ1) is 18.7. The molecule has 29 heavy (non-hydrogen) atoms. The maximum atomic E-state index is 9.60. The molecule has 0 unspecified atom stereocenters. The molecule has 0 radical (unpaired) electrons. The quantitative estimate of drug-likeness (QED) is 0.386. The van der Waals surface area contributed by atoms with Crippen LogP contribution < -0.4 is 10.1 Å². The Morgan fingerprint density at radius 2 is 1.90 bits per heavy atom. The van der Waals surface area contributed by atoms with Crippen LogP contribution in [-0.2, 0) is 0 Å². The van der Waals surface area contributed by atoms with Crippen molar-refractivity contribution in [2.75, 3.05) is 11.9 Å². The van der Waals surface area contributed by atoms with Crippen molar-refractivity contribution in [1.29, 1.82) is 5.26 Å². The molecule has 1 aromatic heterocycles. The van der Waals surface area contributed by atoms with E-state index in [1.807, 2.05) is 54.8 Å². The summed E-state index contributed by atoms with van der Waals surface area (Å²) >= 11 is 1.46.